The summed E-state index contributed by atoms with van der Waals surface area (Å²) in [5.74, 6) is -0.477. The number of amides is 3. The number of anilines is 3. The number of nitrogens with zero attached hydrogens (tertiary/aromatic N) is 3. The molecule has 0 unspecified atom stereocenters. The first kappa shape index (κ1) is 32.6. The summed E-state index contributed by atoms with van der Waals surface area (Å²) in [6.45, 7) is 3.21. The van der Waals surface area contributed by atoms with Crippen LogP contribution >= 0.6 is 0 Å². The van der Waals surface area contributed by atoms with Gasteiger partial charge in [-0.2, -0.15) is 15.0 Å². The summed E-state index contributed by atoms with van der Waals surface area (Å²) in [5, 5.41) is 23.1. The third-order valence-electron chi connectivity index (χ3n) is 6.61. The fourth-order valence-corrected chi connectivity index (χ4v) is 4.25. The first-order chi connectivity index (χ1) is 21.8. The Morgan fingerprint density at radius 1 is 0.978 bits per heavy atom. The normalized spacial score (nSPS) is 14.1. The number of hydrogen-bond donors (Lipinski definition) is 6. The van der Waals surface area contributed by atoms with E-state index in [4.69, 9.17) is 14.2 Å². The average molecular weight is 623 g/mol. The van der Waals surface area contributed by atoms with Gasteiger partial charge in [0.2, 0.25) is 11.9 Å². The van der Waals surface area contributed by atoms with Crippen molar-refractivity contribution in [2.75, 3.05) is 44.0 Å². The van der Waals surface area contributed by atoms with Crippen LogP contribution in [0.25, 0.3) is 0 Å². The third-order valence-corrected chi connectivity index (χ3v) is 6.61. The van der Waals surface area contributed by atoms with E-state index in [1.807, 2.05) is 31.2 Å². The summed E-state index contributed by atoms with van der Waals surface area (Å²) >= 11 is 0. The van der Waals surface area contributed by atoms with Gasteiger partial charge >= 0.3 is 18.0 Å². The quantitative estimate of drug-likeness (QED) is 0.226. The zero-order chi connectivity index (χ0) is 32.0. The summed E-state index contributed by atoms with van der Waals surface area (Å²) in [6, 6.07) is 10.7. The Morgan fingerprint density at radius 2 is 1.71 bits per heavy atom. The standard InChI is InChI=1S/C30H38N8O7/c1-3-43-30-37-27-32-17-19-8-11-21(12-9-19)44-14-6-4-5-7-15-45-24-16-20(34-28(36-27)38-30)10-13-22(24)25(39)35-23(26(40)41)18-33-29(42)31-2/h8-13,16,23H,3-7,14-15,17-18H2,1-2H3,(H,35,39)(H,40,41)(H2,31,33,42)(H2,32,34,36,37,38)/t23-/m0/s1. The molecule has 45 heavy (non-hydrogen) atoms. The lowest BCUT2D eigenvalue weighted by molar-refractivity contribution is -0.139. The van der Waals surface area contributed by atoms with Crippen molar-refractivity contribution in [2.24, 2.45) is 0 Å². The molecule has 0 fully saturated rings. The Bertz CT molecular complexity index is 1450. The molecule has 0 spiro atoms. The molecule has 2 aromatic carbocycles. The molecule has 240 valence electrons. The van der Waals surface area contributed by atoms with Crippen molar-refractivity contribution in [3.8, 4) is 17.5 Å². The van der Waals surface area contributed by atoms with Crippen molar-refractivity contribution < 1.29 is 33.7 Å². The van der Waals surface area contributed by atoms with E-state index < -0.39 is 23.9 Å². The van der Waals surface area contributed by atoms with E-state index >= 15 is 0 Å². The van der Waals surface area contributed by atoms with Crippen LogP contribution < -0.4 is 40.8 Å². The van der Waals surface area contributed by atoms with Crippen LogP contribution in [-0.4, -0.2) is 77.4 Å². The number of carboxylic acid groups (broad SMARTS) is 1. The summed E-state index contributed by atoms with van der Waals surface area (Å²) in [7, 11) is 1.40. The first-order valence-electron chi connectivity index (χ1n) is 14.7. The lowest BCUT2D eigenvalue weighted by Gasteiger charge is -2.18. The van der Waals surface area contributed by atoms with Crippen LogP contribution in [0, 0.1) is 0 Å². The minimum Gasteiger partial charge on any atom is -0.494 e. The maximum absolute atomic E-state index is 13.2. The molecule has 1 atom stereocenters. The van der Waals surface area contributed by atoms with Crippen LogP contribution in [0.4, 0.5) is 22.4 Å². The van der Waals surface area contributed by atoms with Crippen LogP contribution in [0.3, 0.4) is 0 Å². The highest BCUT2D eigenvalue weighted by Crippen LogP contribution is 2.27. The molecule has 2 aliphatic heterocycles. The fourth-order valence-electron chi connectivity index (χ4n) is 4.25. The van der Waals surface area contributed by atoms with Gasteiger partial charge in [0.15, 0.2) is 0 Å². The Balaban J connectivity index is 1.59. The van der Waals surface area contributed by atoms with Gasteiger partial charge in [0.05, 0.1) is 31.9 Å². The van der Waals surface area contributed by atoms with E-state index in [1.54, 1.807) is 12.1 Å². The van der Waals surface area contributed by atoms with Crippen LogP contribution in [0.15, 0.2) is 42.5 Å². The number of carboxylic acids is 1. The van der Waals surface area contributed by atoms with Gasteiger partial charge in [-0.3, -0.25) is 4.79 Å². The van der Waals surface area contributed by atoms with Crippen molar-refractivity contribution in [3.05, 3.63) is 53.6 Å². The third kappa shape index (κ3) is 10.1. The molecule has 0 saturated heterocycles. The van der Waals surface area contributed by atoms with Crippen molar-refractivity contribution in [1.82, 2.24) is 30.9 Å². The molecule has 0 aliphatic carbocycles. The van der Waals surface area contributed by atoms with Crippen LogP contribution in [0.5, 0.6) is 17.5 Å². The van der Waals surface area contributed by atoms with Crippen LogP contribution in [-0.2, 0) is 11.3 Å². The molecule has 3 amide bonds. The largest absolute Gasteiger partial charge is 0.494 e. The SMILES string of the molecule is CCOc1nc2nc(n1)Nc1ccc(C(=O)N[C@@H](CNC(=O)NC)C(=O)O)c(c1)OCCCCCCOc1ccc(cc1)CN2. The minimum atomic E-state index is -1.37. The van der Waals surface area contributed by atoms with Crippen LogP contribution in [0.2, 0.25) is 0 Å². The number of rotatable bonds is 7. The number of aromatic nitrogens is 3. The first-order valence-corrected chi connectivity index (χ1v) is 14.7. The molecule has 15 nitrogen and oxygen atoms in total. The van der Waals surface area contributed by atoms with E-state index in [0.29, 0.717) is 38.0 Å². The maximum Gasteiger partial charge on any atom is 0.328 e. The maximum atomic E-state index is 13.2. The second kappa shape index (κ2) is 16.5. The van der Waals surface area contributed by atoms with Gasteiger partial charge in [0, 0.05) is 25.3 Å². The number of carbonyl (C=O) groups excluding carboxylic acids is 2. The molecular weight excluding hydrogens is 584 g/mol. The molecule has 2 aliphatic rings. The second-order valence-corrected chi connectivity index (χ2v) is 9.97. The summed E-state index contributed by atoms with van der Waals surface area (Å²) < 4.78 is 17.5. The fraction of sp³-hybridized carbons (Fsp3) is 0.400. The monoisotopic (exact) mass is 622 g/mol. The van der Waals surface area contributed by atoms with Crippen molar-refractivity contribution in [3.63, 3.8) is 0 Å². The zero-order valence-corrected chi connectivity index (χ0v) is 25.2. The number of urea groups is 1. The number of hydrogen-bond acceptors (Lipinski definition) is 11. The lowest BCUT2D eigenvalue weighted by atomic mass is 10.1. The molecule has 15 heteroatoms. The summed E-state index contributed by atoms with van der Waals surface area (Å²) in [6.07, 6.45) is 3.41. The molecule has 0 radical (unpaired) electrons. The Hall–Kier alpha value is -5.34. The molecule has 1 aromatic heterocycles. The highest BCUT2D eigenvalue weighted by Gasteiger charge is 2.23. The van der Waals surface area contributed by atoms with E-state index in [2.05, 4.69) is 41.5 Å². The van der Waals surface area contributed by atoms with Gasteiger partial charge < -0.3 is 45.9 Å². The van der Waals surface area contributed by atoms with E-state index in [1.165, 1.54) is 13.1 Å². The average Bonchev–Trinajstić information content (AvgIpc) is 3.03. The molecule has 6 bridgehead atoms. The van der Waals surface area contributed by atoms with E-state index in [0.717, 1.165) is 37.0 Å². The second-order valence-electron chi connectivity index (χ2n) is 9.97. The Kier molecular flexibility index (Phi) is 11.9. The predicted molar refractivity (Wildman–Crippen MR) is 165 cm³/mol. The van der Waals surface area contributed by atoms with Crippen molar-refractivity contribution in [1.29, 1.82) is 0 Å². The van der Waals surface area contributed by atoms with Crippen molar-refractivity contribution >= 4 is 35.5 Å². The Labute approximate surface area is 260 Å². The number of aliphatic carboxylic acids is 1. The lowest BCUT2D eigenvalue weighted by Crippen LogP contribution is -2.49. The molecule has 3 heterocycles. The van der Waals surface area contributed by atoms with Crippen LogP contribution in [0.1, 0.15) is 48.5 Å². The topological polar surface area (TPSA) is 198 Å². The number of carbonyl (C=O) groups is 3. The molecule has 3 aromatic rings. The van der Waals surface area contributed by atoms with Gasteiger partial charge in [0.25, 0.3) is 5.91 Å². The molecule has 5 rings (SSSR count). The van der Waals surface area contributed by atoms with Gasteiger partial charge in [-0.15, -0.1) is 0 Å². The van der Waals surface area contributed by atoms with Gasteiger partial charge in [-0.1, -0.05) is 12.1 Å². The smallest absolute Gasteiger partial charge is 0.328 e. The predicted octanol–water partition coefficient (Wildman–Crippen LogP) is 3.07. The van der Waals surface area contributed by atoms with Gasteiger partial charge in [-0.05, 0) is 62.4 Å². The van der Waals surface area contributed by atoms with E-state index in [-0.39, 0.29) is 29.8 Å². The number of nitrogens with one attached hydrogen (secondary N) is 5. The molecular formula is C30H38N8O7. The van der Waals surface area contributed by atoms with E-state index in [9.17, 15) is 19.5 Å². The van der Waals surface area contributed by atoms with Crippen molar-refractivity contribution in [2.45, 2.75) is 45.2 Å². The van der Waals surface area contributed by atoms with Gasteiger partial charge in [-0.25, -0.2) is 9.59 Å². The zero-order valence-electron chi connectivity index (χ0n) is 25.2. The number of benzene rings is 2. The number of fused-ring (bicyclic) bond motifs is 10. The highest BCUT2D eigenvalue weighted by molar-refractivity contribution is 5.99. The highest BCUT2D eigenvalue weighted by atomic mass is 16.5. The molecule has 6 N–H and O–H groups in total. The van der Waals surface area contributed by atoms with Gasteiger partial charge in [0.1, 0.15) is 17.5 Å². The Morgan fingerprint density at radius 3 is 2.42 bits per heavy atom. The summed E-state index contributed by atoms with van der Waals surface area (Å²) in [4.78, 5) is 49.7. The minimum absolute atomic E-state index is 0.121. The molecule has 0 saturated carbocycles. The number of ether oxygens (including phenoxy) is 3. The summed E-state index contributed by atoms with van der Waals surface area (Å²) in [5.41, 5.74) is 1.64.